The molecular weight excluding hydrogens is 311 g/mol. The summed E-state index contributed by atoms with van der Waals surface area (Å²) in [6.45, 7) is 0. The van der Waals surface area contributed by atoms with Gasteiger partial charge in [-0.15, -0.1) is 0 Å². The Labute approximate surface area is 137 Å². The van der Waals surface area contributed by atoms with Gasteiger partial charge in [0.15, 0.2) is 0 Å². The van der Waals surface area contributed by atoms with E-state index in [4.69, 9.17) is 0 Å². The Kier molecular flexibility index (Phi) is 4.04. The van der Waals surface area contributed by atoms with Gasteiger partial charge in [-0.3, -0.25) is 4.79 Å². The first-order valence-corrected chi connectivity index (χ1v) is 7.31. The zero-order valence-electron chi connectivity index (χ0n) is 12.9. The first-order valence-electron chi connectivity index (χ1n) is 7.31. The summed E-state index contributed by atoms with van der Waals surface area (Å²) >= 11 is 0. The smallest absolute Gasteiger partial charge is 0.228 e. The number of carbonyl (C=O) groups excluding carboxylic acids is 2. The Hall–Kier alpha value is -3.15. The largest absolute Gasteiger partial charge is 0.543 e. The lowest BCUT2D eigenvalue weighted by Gasteiger charge is -2.10. The van der Waals surface area contributed by atoms with Crippen LogP contribution in [0.25, 0.3) is 10.9 Å². The molecule has 1 amide bonds. The zero-order chi connectivity index (χ0) is 17.3. The fourth-order valence-electron chi connectivity index (χ4n) is 2.83. The molecule has 2 aromatic carbocycles. The van der Waals surface area contributed by atoms with Crippen LogP contribution in [0.4, 0.5) is 10.1 Å². The minimum atomic E-state index is -1.36. The van der Waals surface area contributed by atoms with Crippen molar-refractivity contribution in [2.24, 2.45) is 7.05 Å². The van der Waals surface area contributed by atoms with E-state index in [9.17, 15) is 19.1 Å². The molecule has 0 fully saturated rings. The van der Waals surface area contributed by atoms with Crippen LogP contribution in [0.3, 0.4) is 0 Å². The second-order valence-electron chi connectivity index (χ2n) is 5.40. The molecule has 0 atom stereocenters. The van der Waals surface area contributed by atoms with Crippen molar-refractivity contribution in [3.8, 4) is 0 Å². The lowest BCUT2D eigenvalue weighted by molar-refractivity contribution is -0.255. The van der Waals surface area contributed by atoms with Crippen molar-refractivity contribution in [1.82, 2.24) is 4.57 Å². The van der Waals surface area contributed by atoms with Gasteiger partial charge in [-0.25, -0.2) is 4.39 Å². The van der Waals surface area contributed by atoms with Crippen LogP contribution in [0.2, 0.25) is 0 Å². The number of carboxylic acid groups (broad SMARTS) is 1. The van der Waals surface area contributed by atoms with Gasteiger partial charge in [-0.1, -0.05) is 30.3 Å². The van der Waals surface area contributed by atoms with Crippen molar-refractivity contribution >= 4 is 28.5 Å². The van der Waals surface area contributed by atoms with Crippen LogP contribution in [-0.2, 0) is 18.3 Å². The number of nitrogens with zero attached hydrogens (tertiary/aromatic N) is 1. The summed E-state index contributed by atoms with van der Waals surface area (Å²) < 4.78 is 15.1. The number of halogens is 1. The maximum Gasteiger partial charge on any atom is 0.228 e. The third-order valence-corrected chi connectivity index (χ3v) is 3.89. The van der Waals surface area contributed by atoms with Crippen molar-refractivity contribution in [1.29, 1.82) is 0 Å². The minimum absolute atomic E-state index is 0.0535. The van der Waals surface area contributed by atoms with Gasteiger partial charge in [-0.2, -0.15) is 0 Å². The number of carboxylic acids is 1. The number of amides is 1. The van der Waals surface area contributed by atoms with E-state index in [-0.39, 0.29) is 17.8 Å². The Morgan fingerprint density at radius 1 is 1.12 bits per heavy atom. The highest BCUT2D eigenvalue weighted by atomic mass is 19.1. The Morgan fingerprint density at radius 3 is 2.50 bits per heavy atom. The molecule has 0 aliphatic carbocycles. The maximum atomic E-state index is 13.6. The van der Waals surface area contributed by atoms with Crippen LogP contribution < -0.4 is 10.4 Å². The van der Waals surface area contributed by atoms with Gasteiger partial charge in [0.25, 0.3) is 0 Å². The number of nitrogens with one attached hydrogen (secondary N) is 1. The monoisotopic (exact) mass is 325 g/mol. The van der Waals surface area contributed by atoms with Gasteiger partial charge in [-0.05, 0) is 23.8 Å². The summed E-state index contributed by atoms with van der Waals surface area (Å²) in [5.74, 6) is -2.41. The highest BCUT2D eigenvalue weighted by Gasteiger charge is 2.18. The Morgan fingerprint density at radius 2 is 1.79 bits per heavy atom. The molecule has 0 saturated carbocycles. The third kappa shape index (κ3) is 2.74. The normalized spacial score (nSPS) is 10.8. The van der Waals surface area contributed by atoms with Crippen LogP contribution in [-0.4, -0.2) is 16.4 Å². The number of anilines is 1. The second-order valence-corrected chi connectivity index (χ2v) is 5.40. The van der Waals surface area contributed by atoms with Gasteiger partial charge in [0.2, 0.25) is 5.91 Å². The predicted molar refractivity (Wildman–Crippen MR) is 86.0 cm³/mol. The van der Waals surface area contributed by atoms with Crippen LogP contribution in [0.5, 0.6) is 0 Å². The molecule has 0 radical (unpaired) electrons. The zero-order valence-corrected chi connectivity index (χ0v) is 12.9. The van der Waals surface area contributed by atoms with Crippen LogP contribution >= 0.6 is 0 Å². The molecule has 6 heteroatoms. The van der Waals surface area contributed by atoms with E-state index in [1.165, 1.54) is 22.8 Å². The van der Waals surface area contributed by atoms with Gasteiger partial charge in [0.05, 0.1) is 23.8 Å². The molecule has 122 valence electrons. The van der Waals surface area contributed by atoms with E-state index in [0.29, 0.717) is 16.5 Å². The van der Waals surface area contributed by atoms with E-state index in [2.05, 4.69) is 5.32 Å². The summed E-state index contributed by atoms with van der Waals surface area (Å²) in [7, 11) is 1.60. The number of carbonyl (C=O) groups is 2. The van der Waals surface area contributed by atoms with E-state index in [1.807, 2.05) is 0 Å². The molecule has 3 aromatic rings. The molecule has 3 rings (SSSR count). The number of hydrogen-bond donors (Lipinski definition) is 1. The molecule has 1 heterocycles. The maximum absolute atomic E-state index is 13.6. The van der Waals surface area contributed by atoms with E-state index < -0.39 is 17.7 Å². The number of rotatable bonds is 4. The number of aromatic nitrogens is 1. The number of benzene rings is 2. The van der Waals surface area contributed by atoms with Crippen molar-refractivity contribution in [3.63, 3.8) is 0 Å². The standard InChI is InChI=1S/C18H15FN2O3/c1-21-15-9-5-2-6-11(15)12(17(21)18(23)24)10-16(22)20-14-8-4-3-7-13(14)19/h2-9H,10H2,1H3,(H,20,22)(H,23,24)/p-1. The third-order valence-electron chi connectivity index (χ3n) is 3.89. The summed E-state index contributed by atoms with van der Waals surface area (Å²) in [6, 6.07) is 12.8. The summed E-state index contributed by atoms with van der Waals surface area (Å²) in [5.41, 5.74) is 1.03. The second kappa shape index (κ2) is 6.16. The summed E-state index contributed by atoms with van der Waals surface area (Å²) in [6.07, 6.45) is -0.195. The molecule has 0 aliphatic rings. The SMILES string of the molecule is Cn1c(C(=O)[O-])c(CC(=O)Nc2ccccc2F)c2ccccc21. The van der Waals surface area contributed by atoms with Crippen molar-refractivity contribution in [2.45, 2.75) is 6.42 Å². The lowest BCUT2D eigenvalue weighted by atomic mass is 10.1. The van der Waals surface area contributed by atoms with Crippen molar-refractivity contribution in [2.75, 3.05) is 5.32 Å². The quantitative estimate of drug-likeness (QED) is 0.796. The summed E-state index contributed by atoms with van der Waals surface area (Å²) in [4.78, 5) is 23.7. The minimum Gasteiger partial charge on any atom is -0.543 e. The average molecular weight is 325 g/mol. The average Bonchev–Trinajstić information content (AvgIpc) is 2.83. The molecule has 5 nitrogen and oxygen atoms in total. The molecule has 0 unspecified atom stereocenters. The van der Waals surface area contributed by atoms with Gasteiger partial charge >= 0.3 is 0 Å². The van der Waals surface area contributed by atoms with Crippen LogP contribution in [0, 0.1) is 5.82 Å². The van der Waals surface area contributed by atoms with Crippen LogP contribution in [0.15, 0.2) is 48.5 Å². The molecule has 1 N–H and O–H groups in total. The number of hydrogen-bond acceptors (Lipinski definition) is 3. The highest BCUT2D eigenvalue weighted by molar-refractivity contribution is 6.02. The fraction of sp³-hybridized carbons (Fsp3) is 0.111. The molecule has 0 aliphatic heterocycles. The number of aromatic carboxylic acids is 1. The van der Waals surface area contributed by atoms with Crippen molar-refractivity contribution in [3.05, 3.63) is 65.6 Å². The molecule has 0 bridgehead atoms. The Balaban J connectivity index is 1.98. The van der Waals surface area contributed by atoms with Gasteiger partial charge < -0.3 is 19.8 Å². The number of para-hydroxylation sites is 2. The van der Waals surface area contributed by atoms with E-state index in [0.717, 1.165) is 0 Å². The topological polar surface area (TPSA) is 74.2 Å². The molecular formula is C18H14FN2O3-. The molecule has 24 heavy (non-hydrogen) atoms. The van der Waals surface area contributed by atoms with Crippen molar-refractivity contribution < 1.29 is 19.1 Å². The highest BCUT2D eigenvalue weighted by Crippen LogP contribution is 2.26. The fourth-order valence-corrected chi connectivity index (χ4v) is 2.83. The Bertz CT molecular complexity index is 947. The van der Waals surface area contributed by atoms with Gasteiger partial charge in [0.1, 0.15) is 5.82 Å². The lowest BCUT2D eigenvalue weighted by Crippen LogP contribution is -2.27. The molecule has 0 saturated heterocycles. The predicted octanol–water partition coefficient (Wildman–Crippen LogP) is 1.86. The molecule has 0 spiro atoms. The van der Waals surface area contributed by atoms with E-state index >= 15 is 0 Å². The summed E-state index contributed by atoms with van der Waals surface area (Å²) in [5, 5.41) is 14.6. The molecule has 1 aromatic heterocycles. The van der Waals surface area contributed by atoms with E-state index in [1.54, 1.807) is 37.4 Å². The van der Waals surface area contributed by atoms with Crippen LogP contribution in [0.1, 0.15) is 16.1 Å². The first kappa shape index (κ1) is 15.7. The number of fused-ring (bicyclic) bond motifs is 1. The number of aryl methyl sites for hydroxylation is 1. The van der Waals surface area contributed by atoms with Gasteiger partial charge in [0, 0.05) is 18.0 Å². The first-order chi connectivity index (χ1) is 11.5.